The predicted octanol–water partition coefficient (Wildman–Crippen LogP) is 3.59. The van der Waals surface area contributed by atoms with Crippen molar-refractivity contribution in [1.82, 2.24) is 14.8 Å². The van der Waals surface area contributed by atoms with Gasteiger partial charge in [-0.2, -0.15) is 5.10 Å². The van der Waals surface area contributed by atoms with Crippen molar-refractivity contribution in [2.45, 2.75) is 36.6 Å². The van der Waals surface area contributed by atoms with Gasteiger partial charge in [-0.15, -0.1) is 11.3 Å². The van der Waals surface area contributed by atoms with E-state index in [2.05, 4.69) is 20.1 Å². The Balaban J connectivity index is 1.42. The standard InChI is InChI=1S/C18H17F2N5O3S2/c19-17(20)14-9-15(11-1-2-11)25(23-14)10-16(26)22-12-3-5-13(6-4-12)30(27,28)24-18-21-7-8-29-18/h3-9,11,17H,1-2,10H2,(H,21,24)(H,22,26). The second-order valence-corrected chi connectivity index (χ2v) is 9.32. The number of nitrogens with one attached hydrogen (secondary N) is 2. The molecule has 1 aliphatic carbocycles. The normalized spacial score (nSPS) is 14.1. The molecular weight excluding hydrogens is 436 g/mol. The minimum absolute atomic E-state index is 0.0142. The molecule has 1 saturated carbocycles. The molecule has 1 aromatic carbocycles. The highest BCUT2D eigenvalue weighted by Gasteiger charge is 2.30. The van der Waals surface area contributed by atoms with Gasteiger partial charge in [-0.25, -0.2) is 22.2 Å². The van der Waals surface area contributed by atoms with Crippen LogP contribution in [0.15, 0.2) is 46.8 Å². The minimum Gasteiger partial charge on any atom is -0.324 e. The lowest BCUT2D eigenvalue weighted by atomic mass is 10.2. The number of aromatic nitrogens is 3. The maximum absolute atomic E-state index is 12.9. The van der Waals surface area contributed by atoms with Crippen molar-refractivity contribution in [2.75, 3.05) is 10.0 Å². The topological polar surface area (TPSA) is 106 Å². The molecule has 0 radical (unpaired) electrons. The van der Waals surface area contributed by atoms with Gasteiger partial charge in [-0.1, -0.05) is 0 Å². The van der Waals surface area contributed by atoms with Gasteiger partial charge in [-0.3, -0.25) is 14.2 Å². The van der Waals surface area contributed by atoms with E-state index in [-0.39, 0.29) is 28.2 Å². The molecule has 12 heteroatoms. The highest BCUT2D eigenvalue weighted by molar-refractivity contribution is 7.93. The van der Waals surface area contributed by atoms with E-state index >= 15 is 0 Å². The maximum atomic E-state index is 12.9. The smallest absolute Gasteiger partial charge is 0.282 e. The SMILES string of the molecule is O=C(Cn1nc(C(F)F)cc1C1CC1)Nc1ccc(S(=O)(=O)Nc2nccs2)cc1. The van der Waals surface area contributed by atoms with Crippen LogP contribution in [0.25, 0.3) is 0 Å². The number of rotatable bonds is 8. The summed E-state index contributed by atoms with van der Waals surface area (Å²) in [5, 5.41) is 8.37. The molecule has 0 aliphatic heterocycles. The summed E-state index contributed by atoms with van der Waals surface area (Å²) in [5.74, 6) is -0.287. The van der Waals surface area contributed by atoms with Crippen molar-refractivity contribution in [3.05, 3.63) is 53.3 Å². The van der Waals surface area contributed by atoms with E-state index in [1.54, 1.807) is 5.38 Å². The van der Waals surface area contributed by atoms with Crippen LogP contribution in [0.3, 0.4) is 0 Å². The summed E-state index contributed by atoms with van der Waals surface area (Å²) in [4.78, 5) is 16.2. The number of carbonyl (C=O) groups is 1. The van der Waals surface area contributed by atoms with Crippen LogP contribution < -0.4 is 10.0 Å². The molecule has 0 unspecified atom stereocenters. The van der Waals surface area contributed by atoms with Crippen LogP contribution in [0.4, 0.5) is 19.6 Å². The van der Waals surface area contributed by atoms with Gasteiger partial charge in [0.15, 0.2) is 5.13 Å². The van der Waals surface area contributed by atoms with Crippen LogP contribution in [-0.2, 0) is 21.4 Å². The third-order valence-electron chi connectivity index (χ3n) is 4.44. The Kier molecular flexibility index (Phi) is 5.52. The van der Waals surface area contributed by atoms with Crippen LogP contribution in [0.5, 0.6) is 0 Å². The molecule has 0 bridgehead atoms. The first-order valence-electron chi connectivity index (χ1n) is 9.00. The maximum Gasteiger partial charge on any atom is 0.282 e. The number of carbonyl (C=O) groups excluding carboxylic acids is 1. The largest absolute Gasteiger partial charge is 0.324 e. The first-order valence-corrected chi connectivity index (χ1v) is 11.4. The third-order valence-corrected chi connectivity index (χ3v) is 6.62. The molecule has 3 aromatic rings. The molecule has 1 amide bonds. The van der Waals surface area contributed by atoms with E-state index in [4.69, 9.17) is 0 Å². The van der Waals surface area contributed by atoms with Gasteiger partial charge in [0, 0.05) is 28.9 Å². The molecule has 2 aromatic heterocycles. The van der Waals surface area contributed by atoms with Crippen molar-refractivity contribution in [2.24, 2.45) is 0 Å². The van der Waals surface area contributed by atoms with Gasteiger partial charge in [0.2, 0.25) is 5.91 Å². The third kappa shape index (κ3) is 4.65. The van der Waals surface area contributed by atoms with Crippen LogP contribution >= 0.6 is 11.3 Å². The zero-order valence-electron chi connectivity index (χ0n) is 15.5. The summed E-state index contributed by atoms with van der Waals surface area (Å²) in [6.07, 6.45) is 0.570. The van der Waals surface area contributed by atoms with Crippen LogP contribution in [0.1, 0.15) is 36.6 Å². The average molecular weight is 453 g/mol. The molecule has 0 saturated heterocycles. The number of sulfonamides is 1. The number of halogens is 2. The number of anilines is 2. The summed E-state index contributed by atoms with van der Waals surface area (Å²) in [5.41, 5.74) is 0.671. The summed E-state index contributed by atoms with van der Waals surface area (Å²) in [7, 11) is -3.79. The average Bonchev–Trinajstić information content (AvgIpc) is 3.24. The van der Waals surface area contributed by atoms with Crippen LogP contribution in [0.2, 0.25) is 0 Å². The predicted molar refractivity (Wildman–Crippen MR) is 107 cm³/mol. The molecule has 0 atom stereocenters. The summed E-state index contributed by atoms with van der Waals surface area (Å²) >= 11 is 1.15. The molecule has 4 rings (SSSR count). The number of amides is 1. The van der Waals surface area contributed by atoms with E-state index in [0.29, 0.717) is 11.4 Å². The first-order chi connectivity index (χ1) is 14.3. The van der Waals surface area contributed by atoms with E-state index in [1.807, 2.05) is 0 Å². The van der Waals surface area contributed by atoms with Crippen molar-refractivity contribution < 1.29 is 22.0 Å². The Morgan fingerprint density at radius 3 is 2.60 bits per heavy atom. The first kappa shape index (κ1) is 20.4. The Morgan fingerprint density at radius 2 is 2.00 bits per heavy atom. The van der Waals surface area contributed by atoms with Gasteiger partial charge in [0.05, 0.1) is 4.90 Å². The molecule has 30 heavy (non-hydrogen) atoms. The molecule has 158 valence electrons. The zero-order valence-corrected chi connectivity index (χ0v) is 17.1. The Bertz CT molecular complexity index is 1140. The van der Waals surface area contributed by atoms with Crippen molar-refractivity contribution >= 4 is 38.1 Å². The van der Waals surface area contributed by atoms with E-state index < -0.39 is 22.4 Å². The van der Waals surface area contributed by atoms with Crippen LogP contribution in [0, 0.1) is 0 Å². The van der Waals surface area contributed by atoms with Crippen molar-refractivity contribution in [1.29, 1.82) is 0 Å². The molecule has 2 heterocycles. The Hall–Kier alpha value is -2.86. The quantitative estimate of drug-likeness (QED) is 0.542. The number of nitrogens with zero attached hydrogens (tertiary/aromatic N) is 3. The van der Waals surface area contributed by atoms with Crippen LogP contribution in [-0.4, -0.2) is 29.1 Å². The minimum atomic E-state index is -3.79. The van der Waals surface area contributed by atoms with Gasteiger partial charge in [0.1, 0.15) is 12.2 Å². The number of hydrogen-bond donors (Lipinski definition) is 2. The summed E-state index contributed by atoms with van der Waals surface area (Å²) in [6, 6.07) is 6.95. The number of thiazole rings is 1. The fraction of sp³-hybridized carbons (Fsp3) is 0.278. The number of benzene rings is 1. The van der Waals surface area contributed by atoms with Crippen molar-refractivity contribution in [3.63, 3.8) is 0 Å². The second-order valence-electron chi connectivity index (χ2n) is 6.74. The fourth-order valence-corrected chi connectivity index (χ4v) is 4.68. The molecule has 2 N–H and O–H groups in total. The Morgan fingerprint density at radius 1 is 1.27 bits per heavy atom. The molecule has 8 nitrogen and oxygen atoms in total. The van der Waals surface area contributed by atoms with Gasteiger partial charge < -0.3 is 5.32 Å². The monoisotopic (exact) mass is 453 g/mol. The lowest BCUT2D eigenvalue weighted by Gasteiger charge is -2.09. The summed E-state index contributed by atoms with van der Waals surface area (Å²) in [6.45, 7) is -0.204. The summed E-state index contributed by atoms with van der Waals surface area (Å²) < 4.78 is 54.2. The Labute approximate surface area is 175 Å². The molecule has 1 fully saturated rings. The van der Waals surface area contributed by atoms with Crippen molar-refractivity contribution in [3.8, 4) is 0 Å². The van der Waals surface area contributed by atoms with Gasteiger partial charge in [-0.05, 0) is 43.2 Å². The molecule has 1 aliphatic rings. The van der Waals surface area contributed by atoms with Gasteiger partial charge >= 0.3 is 0 Å². The number of hydrogen-bond acceptors (Lipinski definition) is 6. The van der Waals surface area contributed by atoms with E-state index in [9.17, 15) is 22.0 Å². The highest BCUT2D eigenvalue weighted by Crippen LogP contribution is 2.41. The van der Waals surface area contributed by atoms with E-state index in [1.165, 1.54) is 41.2 Å². The zero-order chi connectivity index (χ0) is 21.3. The highest BCUT2D eigenvalue weighted by atomic mass is 32.2. The van der Waals surface area contributed by atoms with Gasteiger partial charge in [0.25, 0.3) is 16.4 Å². The fourth-order valence-electron chi connectivity index (χ4n) is 2.89. The number of alkyl halides is 2. The lowest BCUT2D eigenvalue weighted by molar-refractivity contribution is -0.117. The molecular formula is C18H17F2N5O3S2. The van der Waals surface area contributed by atoms with E-state index in [0.717, 1.165) is 24.2 Å². The molecule has 0 spiro atoms. The second kappa shape index (κ2) is 8.11. The lowest BCUT2D eigenvalue weighted by Crippen LogP contribution is -2.21.